The molecule has 0 aromatic heterocycles. The Balaban J connectivity index is 1.77. The van der Waals surface area contributed by atoms with Crippen LogP contribution in [0, 0.1) is 5.92 Å². The van der Waals surface area contributed by atoms with Crippen LogP contribution in [0.4, 0.5) is 0 Å². The maximum absolute atomic E-state index is 12.1. The third kappa shape index (κ3) is 2.83. The van der Waals surface area contributed by atoms with Gasteiger partial charge in [-0.2, -0.15) is 0 Å². The standard InChI is InChI=1S/C13H23N3O2/c1-15(2)12(17)6-4-8-16-9-11-10(13(16)18)5-3-7-14-11/h10-11,14H,3-9H2,1-2H3. The largest absolute Gasteiger partial charge is 0.349 e. The molecule has 2 fully saturated rings. The number of carbonyl (C=O) groups is 2. The minimum absolute atomic E-state index is 0.136. The first-order chi connectivity index (χ1) is 8.59. The minimum Gasteiger partial charge on any atom is -0.349 e. The average Bonchev–Trinajstić information content (AvgIpc) is 2.67. The first kappa shape index (κ1) is 13.3. The van der Waals surface area contributed by atoms with Crippen LogP contribution < -0.4 is 5.32 Å². The lowest BCUT2D eigenvalue weighted by atomic mass is 9.94. The minimum atomic E-state index is 0.136. The fraction of sp³-hybridized carbons (Fsp3) is 0.846. The van der Waals surface area contributed by atoms with E-state index in [1.165, 1.54) is 0 Å². The molecule has 5 nitrogen and oxygen atoms in total. The Labute approximate surface area is 108 Å². The predicted molar refractivity (Wildman–Crippen MR) is 69.0 cm³/mol. The van der Waals surface area contributed by atoms with Crippen molar-refractivity contribution >= 4 is 11.8 Å². The molecule has 0 spiro atoms. The summed E-state index contributed by atoms with van der Waals surface area (Å²) in [6.45, 7) is 2.56. The van der Waals surface area contributed by atoms with Crippen molar-refractivity contribution in [3.63, 3.8) is 0 Å². The molecule has 18 heavy (non-hydrogen) atoms. The van der Waals surface area contributed by atoms with Gasteiger partial charge in [0.15, 0.2) is 0 Å². The molecule has 2 amide bonds. The van der Waals surface area contributed by atoms with E-state index in [0.29, 0.717) is 19.0 Å². The SMILES string of the molecule is CN(C)C(=O)CCCN1CC2NCCCC2C1=O. The van der Waals surface area contributed by atoms with E-state index in [4.69, 9.17) is 0 Å². The van der Waals surface area contributed by atoms with E-state index in [1.807, 2.05) is 4.90 Å². The Morgan fingerprint density at radius 2 is 2.28 bits per heavy atom. The molecule has 5 heteroatoms. The molecule has 2 aliphatic rings. The number of hydrogen-bond acceptors (Lipinski definition) is 3. The van der Waals surface area contributed by atoms with Crippen LogP contribution >= 0.6 is 0 Å². The smallest absolute Gasteiger partial charge is 0.227 e. The lowest BCUT2D eigenvalue weighted by Gasteiger charge is -2.23. The zero-order chi connectivity index (χ0) is 13.1. The Hall–Kier alpha value is -1.10. The van der Waals surface area contributed by atoms with Crippen LogP contribution in [0.1, 0.15) is 25.7 Å². The summed E-state index contributed by atoms with van der Waals surface area (Å²) >= 11 is 0. The van der Waals surface area contributed by atoms with E-state index in [0.717, 1.165) is 32.4 Å². The van der Waals surface area contributed by atoms with Crippen molar-refractivity contribution < 1.29 is 9.59 Å². The van der Waals surface area contributed by atoms with Crippen molar-refractivity contribution in [3.05, 3.63) is 0 Å². The molecule has 0 saturated carbocycles. The fourth-order valence-corrected chi connectivity index (χ4v) is 2.85. The van der Waals surface area contributed by atoms with Crippen LogP contribution in [-0.2, 0) is 9.59 Å². The Kier molecular flexibility index (Phi) is 4.22. The lowest BCUT2D eigenvalue weighted by molar-refractivity contribution is -0.132. The van der Waals surface area contributed by atoms with Crippen molar-refractivity contribution in [2.24, 2.45) is 5.92 Å². The summed E-state index contributed by atoms with van der Waals surface area (Å²) in [7, 11) is 3.53. The highest BCUT2D eigenvalue weighted by molar-refractivity contribution is 5.82. The number of carbonyl (C=O) groups excluding carboxylic acids is 2. The van der Waals surface area contributed by atoms with Crippen molar-refractivity contribution in [2.75, 3.05) is 33.7 Å². The number of piperidine rings is 1. The molecule has 0 aromatic rings. The van der Waals surface area contributed by atoms with Gasteiger partial charge in [-0.15, -0.1) is 0 Å². The average molecular weight is 253 g/mol. The van der Waals surface area contributed by atoms with Gasteiger partial charge in [-0.05, 0) is 25.8 Å². The van der Waals surface area contributed by atoms with Crippen molar-refractivity contribution in [2.45, 2.75) is 31.7 Å². The Morgan fingerprint density at radius 1 is 1.50 bits per heavy atom. The van der Waals surface area contributed by atoms with Gasteiger partial charge in [0.25, 0.3) is 0 Å². The fourth-order valence-electron chi connectivity index (χ4n) is 2.85. The van der Waals surface area contributed by atoms with Crippen LogP contribution in [0.2, 0.25) is 0 Å². The van der Waals surface area contributed by atoms with E-state index in [2.05, 4.69) is 5.32 Å². The molecule has 0 aromatic carbocycles. The number of rotatable bonds is 4. The second kappa shape index (κ2) is 5.69. The summed E-state index contributed by atoms with van der Waals surface area (Å²) in [6.07, 6.45) is 3.41. The molecule has 0 radical (unpaired) electrons. The number of nitrogens with one attached hydrogen (secondary N) is 1. The summed E-state index contributed by atoms with van der Waals surface area (Å²) in [6, 6.07) is 0.343. The van der Waals surface area contributed by atoms with E-state index in [1.54, 1.807) is 19.0 Å². The molecule has 2 atom stereocenters. The molecule has 2 heterocycles. The first-order valence-corrected chi connectivity index (χ1v) is 6.82. The third-order valence-electron chi connectivity index (χ3n) is 3.95. The van der Waals surface area contributed by atoms with Gasteiger partial charge in [-0.3, -0.25) is 9.59 Å². The molecule has 102 valence electrons. The maximum Gasteiger partial charge on any atom is 0.227 e. The normalized spacial score (nSPS) is 27.2. The van der Waals surface area contributed by atoms with Gasteiger partial charge in [0, 0.05) is 39.6 Å². The highest BCUT2D eigenvalue weighted by Crippen LogP contribution is 2.26. The molecule has 2 rings (SSSR count). The summed E-state index contributed by atoms with van der Waals surface area (Å²) in [5.74, 6) is 0.602. The molecule has 0 bridgehead atoms. The predicted octanol–water partition coefficient (Wildman–Crippen LogP) is 0.0652. The van der Waals surface area contributed by atoms with E-state index < -0.39 is 0 Å². The first-order valence-electron chi connectivity index (χ1n) is 6.82. The number of hydrogen-bond donors (Lipinski definition) is 1. The lowest BCUT2D eigenvalue weighted by Crippen LogP contribution is -2.41. The Morgan fingerprint density at radius 3 is 2.94 bits per heavy atom. The number of likely N-dealkylation sites (tertiary alicyclic amines) is 1. The van der Waals surface area contributed by atoms with Crippen LogP contribution in [0.3, 0.4) is 0 Å². The summed E-state index contributed by atoms with van der Waals surface area (Å²) in [5, 5.41) is 3.42. The summed E-state index contributed by atoms with van der Waals surface area (Å²) < 4.78 is 0. The number of amides is 2. The van der Waals surface area contributed by atoms with Crippen LogP contribution in [0.25, 0.3) is 0 Å². The van der Waals surface area contributed by atoms with Crippen LogP contribution in [-0.4, -0.2) is 61.4 Å². The Bertz CT molecular complexity index is 330. The van der Waals surface area contributed by atoms with Gasteiger partial charge in [-0.1, -0.05) is 0 Å². The van der Waals surface area contributed by atoms with E-state index >= 15 is 0 Å². The third-order valence-corrected chi connectivity index (χ3v) is 3.95. The molecule has 2 unspecified atom stereocenters. The van der Waals surface area contributed by atoms with Crippen molar-refractivity contribution in [3.8, 4) is 0 Å². The molecular formula is C13H23N3O2. The van der Waals surface area contributed by atoms with Gasteiger partial charge in [-0.25, -0.2) is 0 Å². The van der Waals surface area contributed by atoms with Gasteiger partial charge in [0.05, 0.1) is 5.92 Å². The van der Waals surface area contributed by atoms with Gasteiger partial charge in [0.1, 0.15) is 0 Å². The second-order valence-corrected chi connectivity index (χ2v) is 5.49. The summed E-state index contributed by atoms with van der Waals surface area (Å²) in [5.41, 5.74) is 0. The zero-order valence-corrected chi connectivity index (χ0v) is 11.3. The second-order valence-electron chi connectivity index (χ2n) is 5.49. The summed E-state index contributed by atoms with van der Waals surface area (Å²) in [4.78, 5) is 27.1. The van der Waals surface area contributed by atoms with Crippen molar-refractivity contribution in [1.29, 1.82) is 0 Å². The quantitative estimate of drug-likeness (QED) is 0.771. The number of nitrogens with zero attached hydrogens (tertiary/aromatic N) is 2. The van der Waals surface area contributed by atoms with E-state index in [-0.39, 0.29) is 17.7 Å². The molecule has 2 aliphatic heterocycles. The monoisotopic (exact) mass is 253 g/mol. The molecular weight excluding hydrogens is 230 g/mol. The molecule has 0 aliphatic carbocycles. The molecule has 2 saturated heterocycles. The van der Waals surface area contributed by atoms with Crippen LogP contribution in [0.15, 0.2) is 0 Å². The van der Waals surface area contributed by atoms with Crippen LogP contribution in [0.5, 0.6) is 0 Å². The van der Waals surface area contributed by atoms with Gasteiger partial charge in [0.2, 0.25) is 11.8 Å². The highest BCUT2D eigenvalue weighted by Gasteiger charge is 2.40. The maximum atomic E-state index is 12.1. The van der Waals surface area contributed by atoms with Gasteiger partial charge >= 0.3 is 0 Å². The topological polar surface area (TPSA) is 52.7 Å². The number of fused-ring (bicyclic) bond motifs is 1. The highest BCUT2D eigenvalue weighted by atomic mass is 16.2. The van der Waals surface area contributed by atoms with E-state index in [9.17, 15) is 9.59 Å². The van der Waals surface area contributed by atoms with Crippen molar-refractivity contribution in [1.82, 2.24) is 15.1 Å². The molecule has 1 N–H and O–H groups in total. The van der Waals surface area contributed by atoms with Gasteiger partial charge < -0.3 is 15.1 Å². The zero-order valence-electron chi connectivity index (χ0n) is 11.3.